The van der Waals surface area contributed by atoms with Crippen molar-refractivity contribution in [3.63, 3.8) is 0 Å². The van der Waals surface area contributed by atoms with Gasteiger partial charge in [-0.1, -0.05) is 30.0 Å². The molecule has 2 aromatic heterocycles. The van der Waals surface area contributed by atoms with Crippen LogP contribution in [0.15, 0.2) is 58.3 Å². The molecule has 0 atom stereocenters. The summed E-state index contributed by atoms with van der Waals surface area (Å²) in [6, 6.07) is 12.2. The summed E-state index contributed by atoms with van der Waals surface area (Å²) >= 11 is 1.46. The van der Waals surface area contributed by atoms with E-state index in [2.05, 4.69) is 33.5 Å². The van der Waals surface area contributed by atoms with Gasteiger partial charge in [-0.3, -0.25) is 0 Å². The summed E-state index contributed by atoms with van der Waals surface area (Å²) in [5.41, 5.74) is 4.58. The molecule has 0 aliphatic carbocycles. The van der Waals surface area contributed by atoms with Crippen molar-refractivity contribution < 1.29 is 8.81 Å². The molecule has 0 aliphatic heterocycles. The van der Waals surface area contributed by atoms with Gasteiger partial charge in [-0.05, 0) is 59.7 Å². The van der Waals surface area contributed by atoms with Crippen molar-refractivity contribution in [3.8, 4) is 17.1 Å². The molecule has 0 amide bonds. The Kier molecular flexibility index (Phi) is 4.72. The molecule has 0 radical (unpaired) electrons. The third-order valence-electron chi connectivity index (χ3n) is 4.22. The first-order chi connectivity index (χ1) is 13.1. The maximum Gasteiger partial charge on any atom is 0.226 e. The van der Waals surface area contributed by atoms with Crippen molar-refractivity contribution >= 4 is 11.8 Å². The summed E-state index contributed by atoms with van der Waals surface area (Å²) in [4.78, 5) is 4.42. The number of hydrogen-bond acceptors (Lipinski definition) is 6. The molecule has 4 rings (SSSR count). The minimum atomic E-state index is -0.325. The van der Waals surface area contributed by atoms with Crippen LogP contribution < -0.4 is 0 Å². The minimum Gasteiger partial charge on any atom is -0.444 e. The zero-order chi connectivity index (χ0) is 18.8. The lowest BCUT2D eigenvalue weighted by Gasteiger charge is -2.09. The number of halogens is 1. The molecule has 6 nitrogen and oxygen atoms in total. The van der Waals surface area contributed by atoms with E-state index in [9.17, 15) is 4.39 Å². The highest BCUT2D eigenvalue weighted by Crippen LogP contribution is 2.26. The second kappa shape index (κ2) is 7.32. The Bertz CT molecular complexity index is 1090. The van der Waals surface area contributed by atoms with E-state index in [0.29, 0.717) is 22.4 Å². The van der Waals surface area contributed by atoms with Gasteiger partial charge in [0.25, 0.3) is 0 Å². The summed E-state index contributed by atoms with van der Waals surface area (Å²) in [5.74, 6) is 0.595. The van der Waals surface area contributed by atoms with E-state index in [1.807, 2.05) is 19.1 Å². The van der Waals surface area contributed by atoms with Crippen molar-refractivity contribution in [1.29, 1.82) is 0 Å². The smallest absolute Gasteiger partial charge is 0.226 e. The Labute approximate surface area is 159 Å². The Morgan fingerprint density at radius 2 is 2.00 bits per heavy atom. The van der Waals surface area contributed by atoms with Crippen molar-refractivity contribution in [2.75, 3.05) is 0 Å². The zero-order valence-electron chi connectivity index (χ0n) is 14.8. The van der Waals surface area contributed by atoms with Crippen LogP contribution in [-0.4, -0.2) is 25.2 Å². The van der Waals surface area contributed by atoms with Crippen LogP contribution in [0.5, 0.6) is 0 Å². The van der Waals surface area contributed by atoms with Crippen LogP contribution in [-0.2, 0) is 5.75 Å². The maximum atomic E-state index is 13.4. The minimum absolute atomic E-state index is 0.325. The van der Waals surface area contributed by atoms with Crippen LogP contribution in [0.4, 0.5) is 4.39 Å². The summed E-state index contributed by atoms with van der Waals surface area (Å²) in [5, 5.41) is 12.7. The quantitative estimate of drug-likeness (QED) is 0.478. The normalized spacial score (nSPS) is 11.1. The molecule has 0 saturated heterocycles. The van der Waals surface area contributed by atoms with Gasteiger partial charge in [0.2, 0.25) is 11.0 Å². The number of aromatic nitrogens is 5. The number of nitrogens with zero attached hydrogens (tertiary/aromatic N) is 5. The van der Waals surface area contributed by atoms with E-state index < -0.39 is 0 Å². The van der Waals surface area contributed by atoms with Gasteiger partial charge in [-0.25, -0.2) is 9.37 Å². The summed E-state index contributed by atoms with van der Waals surface area (Å²) < 4.78 is 20.6. The van der Waals surface area contributed by atoms with E-state index in [-0.39, 0.29) is 5.82 Å². The molecule has 0 fully saturated rings. The monoisotopic (exact) mass is 381 g/mol. The number of oxazole rings is 1. The van der Waals surface area contributed by atoms with Gasteiger partial charge in [-0.15, -0.1) is 5.10 Å². The van der Waals surface area contributed by atoms with Gasteiger partial charge in [0.05, 0.1) is 11.4 Å². The SMILES string of the molecule is Cc1cccc(-n2nnnc2SCc2coc(-c3cccc(F)c3)n2)c1C. The Balaban J connectivity index is 1.52. The molecule has 0 N–H and O–H groups in total. The van der Waals surface area contributed by atoms with Crippen LogP contribution in [0.2, 0.25) is 0 Å². The largest absolute Gasteiger partial charge is 0.444 e. The summed E-state index contributed by atoms with van der Waals surface area (Å²) in [6.07, 6.45) is 1.57. The van der Waals surface area contributed by atoms with Crippen molar-refractivity contribution in [3.05, 3.63) is 71.4 Å². The second-order valence-corrected chi connectivity index (χ2v) is 6.98. The molecule has 2 aromatic carbocycles. The summed E-state index contributed by atoms with van der Waals surface area (Å²) in [6.45, 7) is 4.10. The fourth-order valence-corrected chi connectivity index (χ4v) is 3.41. The average molecular weight is 381 g/mol. The van der Waals surface area contributed by atoms with Crippen LogP contribution in [0.1, 0.15) is 16.8 Å². The molecule has 136 valence electrons. The highest BCUT2D eigenvalue weighted by molar-refractivity contribution is 7.98. The zero-order valence-corrected chi connectivity index (χ0v) is 15.6. The van der Waals surface area contributed by atoms with Crippen LogP contribution in [0, 0.1) is 19.7 Å². The molecule has 0 spiro atoms. The molecule has 2 heterocycles. The topological polar surface area (TPSA) is 69.6 Å². The predicted octanol–water partition coefficient (Wildman–Crippen LogP) is 4.37. The third kappa shape index (κ3) is 3.61. The van der Waals surface area contributed by atoms with Gasteiger partial charge in [0.1, 0.15) is 12.1 Å². The molecular formula is C19H16FN5OS. The van der Waals surface area contributed by atoms with E-state index >= 15 is 0 Å². The number of rotatable bonds is 5. The predicted molar refractivity (Wildman–Crippen MR) is 100 cm³/mol. The standard InChI is InChI=1S/C19H16FN5OS/c1-12-5-3-8-17(13(12)2)25-19(22-23-24-25)27-11-16-10-26-18(21-16)14-6-4-7-15(20)9-14/h3-10H,11H2,1-2H3. The van der Waals surface area contributed by atoms with Gasteiger partial charge < -0.3 is 4.42 Å². The molecular weight excluding hydrogens is 365 g/mol. The molecule has 27 heavy (non-hydrogen) atoms. The first-order valence-electron chi connectivity index (χ1n) is 8.30. The molecule has 0 saturated carbocycles. The maximum absolute atomic E-state index is 13.4. The number of aryl methyl sites for hydroxylation is 1. The molecule has 0 unspecified atom stereocenters. The van der Waals surface area contributed by atoms with E-state index in [1.54, 1.807) is 23.1 Å². The van der Waals surface area contributed by atoms with Crippen LogP contribution in [0.3, 0.4) is 0 Å². The first-order valence-corrected chi connectivity index (χ1v) is 9.28. The third-order valence-corrected chi connectivity index (χ3v) is 5.17. The van der Waals surface area contributed by atoms with Gasteiger partial charge in [0.15, 0.2) is 0 Å². The number of benzene rings is 2. The first kappa shape index (κ1) is 17.4. The lowest BCUT2D eigenvalue weighted by molar-refractivity contribution is 0.571. The summed E-state index contributed by atoms with van der Waals surface area (Å²) in [7, 11) is 0. The van der Waals surface area contributed by atoms with E-state index in [0.717, 1.165) is 16.9 Å². The van der Waals surface area contributed by atoms with Crippen LogP contribution in [0.25, 0.3) is 17.1 Å². The van der Waals surface area contributed by atoms with Crippen molar-refractivity contribution in [2.24, 2.45) is 0 Å². The Hall–Kier alpha value is -3.00. The van der Waals surface area contributed by atoms with Gasteiger partial charge >= 0.3 is 0 Å². The van der Waals surface area contributed by atoms with Crippen molar-refractivity contribution in [2.45, 2.75) is 24.8 Å². The van der Waals surface area contributed by atoms with Gasteiger partial charge in [0, 0.05) is 11.3 Å². The molecule has 4 aromatic rings. The second-order valence-electron chi connectivity index (χ2n) is 6.04. The average Bonchev–Trinajstić information content (AvgIpc) is 3.31. The molecule has 8 heteroatoms. The Morgan fingerprint density at radius 1 is 1.15 bits per heavy atom. The van der Waals surface area contributed by atoms with E-state index in [1.165, 1.54) is 29.5 Å². The lowest BCUT2D eigenvalue weighted by atomic mass is 10.1. The Morgan fingerprint density at radius 3 is 2.85 bits per heavy atom. The van der Waals surface area contributed by atoms with E-state index in [4.69, 9.17) is 4.42 Å². The molecule has 0 bridgehead atoms. The van der Waals surface area contributed by atoms with Gasteiger partial charge in [-0.2, -0.15) is 4.68 Å². The number of hydrogen-bond donors (Lipinski definition) is 0. The molecule has 0 aliphatic rings. The fourth-order valence-electron chi connectivity index (χ4n) is 2.65. The van der Waals surface area contributed by atoms with Crippen molar-refractivity contribution in [1.82, 2.24) is 25.2 Å². The number of thioether (sulfide) groups is 1. The van der Waals surface area contributed by atoms with Crippen LogP contribution >= 0.6 is 11.8 Å². The fraction of sp³-hybridized carbons (Fsp3) is 0.158. The lowest BCUT2D eigenvalue weighted by Crippen LogP contribution is -2.02. The highest BCUT2D eigenvalue weighted by atomic mass is 32.2. The highest BCUT2D eigenvalue weighted by Gasteiger charge is 2.14. The number of tetrazole rings is 1.